The maximum atomic E-state index is 11.6. The van der Waals surface area contributed by atoms with Gasteiger partial charge in [0.05, 0.1) is 6.04 Å². The fourth-order valence-corrected chi connectivity index (χ4v) is 2.47. The Kier molecular flexibility index (Phi) is 3.18. The van der Waals surface area contributed by atoms with Gasteiger partial charge in [0.15, 0.2) is 6.10 Å². The molecule has 1 aliphatic rings. The van der Waals surface area contributed by atoms with Crippen molar-refractivity contribution in [3.05, 3.63) is 70.8 Å². The molecule has 0 aliphatic carbocycles. The fraction of sp³-hybridized carbons (Fsp3) is 0.235. The van der Waals surface area contributed by atoms with E-state index in [1.165, 1.54) is 11.1 Å². The van der Waals surface area contributed by atoms with Crippen LogP contribution in [0.5, 0.6) is 0 Å². The summed E-state index contributed by atoms with van der Waals surface area (Å²) in [6.45, 7) is 4.09. The summed E-state index contributed by atoms with van der Waals surface area (Å²) in [7, 11) is 0. The largest absolute Gasteiger partial charge is 0.439 e. The van der Waals surface area contributed by atoms with E-state index in [1.807, 2.05) is 62.4 Å². The van der Waals surface area contributed by atoms with E-state index in [0.29, 0.717) is 0 Å². The Balaban J connectivity index is 1.94. The number of alkyl carbamates (subject to hydrolysis) is 1. The lowest BCUT2D eigenvalue weighted by Crippen LogP contribution is -2.19. The first-order valence-corrected chi connectivity index (χ1v) is 6.74. The number of ether oxygens (including phenoxy) is 1. The van der Waals surface area contributed by atoms with Crippen LogP contribution in [0.4, 0.5) is 4.79 Å². The molecule has 0 radical (unpaired) electrons. The molecule has 1 fully saturated rings. The third-order valence-electron chi connectivity index (χ3n) is 3.65. The summed E-state index contributed by atoms with van der Waals surface area (Å²) >= 11 is 0. The van der Waals surface area contributed by atoms with Crippen molar-refractivity contribution in [1.82, 2.24) is 5.32 Å². The smallest absolute Gasteiger partial charge is 0.408 e. The highest BCUT2D eigenvalue weighted by atomic mass is 16.6. The van der Waals surface area contributed by atoms with Crippen LogP contribution in [0.3, 0.4) is 0 Å². The second-order valence-corrected chi connectivity index (χ2v) is 5.27. The van der Waals surface area contributed by atoms with Crippen molar-refractivity contribution in [2.24, 2.45) is 0 Å². The number of hydrogen-bond acceptors (Lipinski definition) is 2. The highest BCUT2D eigenvalue weighted by Gasteiger charge is 2.36. The summed E-state index contributed by atoms with van der Waals surface area (Å²) in [6.07, 6.45) is -0.632. The first-order valence-electron chi connectivity index (χ1n) is 6.74. The van der Waals surface area contributed by atoms with Gasteiger partial charge in [-0.3, -0.25) is 0 Å². The van der Waals surface area contributed by atoms with Crippen molar-refractivity contribution < 1.29 is 9.53 Å². The molecule has 2 aromatic rings. The van der Waals surface area contributed by atoms with E-state index < -0.39 is 0 Å². The van der Waals surface area contributed by atoms with E-state index in [-0.39, 0.29) is 18.2 Å². The third kappa shape index (κ3) is 2.39. The fourth-order valence-electron chi connectivity index (χ4n) is 2.47. The van der Waals surface area contributed by atoms with Crippen LogP contribution in [-0.4, -0.2) is 6.09 Å². The Morgan fingerprint density at radius 2 is 1.35 bits per heavy atom. The van der Waals surface area contributed by atoms with E-state index >= 15 is 0 Å². The lowest BCUT2D eigenvalue weighted by molar-refractivity contribution is 0.132. The van der Waals surface area contributed by atoms with Crippen LogP contribution in [0.1, 0.15) is 34.4 Å². The monoisotopic (exact) mass is 267 g/mol. The molecule has 2 atom stereocenters. The van der Waals surface area contributed by atoms with Gasteiger partial charge in [-0.2, -0.15) is 0 Å². The molecular weight excluding hydrogens is 250 g/mol. The number of carbonyl (C=O) groups excluding carboxylic acids is 1. The SMILES string of the molecule is Cc1ccc(C2NC(=O)OC2c2ccc(C)cc2)cc1. The van der Waals surface area contributed by atoms with E-state index in [9.17, 15) is 4.79 Å². The molecule has 1 amide bonds. The van der Waals surface area contributed by atoms with Crippen molar-refractivity contribution in [1.29, 1.82) is 0 Å². The molecule has 3 nitrogen and oxygen atoms in total. The molecule has 2 aromatic carbocycles. The summed E-state index contributed by atoms with van der Waals surface area (Å²) in [5.74, 6) is 0. The van der Waals surface area contributed by atoms with Gasteiger partial charge in [-0.15, -0.1) is 0 Å². The van der Waals surface area contributed by atoms with Crippen LogP contribution >= 0.6 is 0 Å². The van der Waals surface area contributed by atoms with E-state index in [4.69, 9.17) is 4.74 Å². The summed E-state index contributed by atoms with van der Waals surface area (Å²) in [6, 6.07) is 16.1. The van der Waals surface area contributed by atoms with E-state index in [0.717, 1.165) is 11.1 Å². The molecule has 1 N–H and O–H groups in total. The van der Waals surface area contributed by atoms with Gasteiger partial charge in [-0.25, -0.2) is 4.79 Å². The number of cyclic esters (lactones) is 1. The minimum absolute atomic E-state index is 0.134. The number of amides is 1. The first-order chi connectivity index (χ1) is 9.63. The lowest BCUT2D eigenvalue weighted by atomic mass is 9.95. The van der Waals surface area contributed by atoms with Gasteiger partial charge >= 0.3 is 6.09 Å². The summed E-state index contributed by atoms with van der Waals surface area (Å²) < 4.78 is 5.43. The average molecular weight is 267 g/mol. The maximum Gasteiger partial charge on any atom is 0.408 e. The molecule has 0 saturated carbocycles. The molecule has 2 unspecified atom stereocenters. The molecule has 20 heavy (non-hydrogen) atoms. The van der Waals surface area contributed by atoms with Crippen molar-refractivity contribution in [3.8, 4) is 0 Å². The number of aryl methyl sites for hydroxylation is 2. The Hall–Kier alpha value is -2.29. The number of carbonyl (C=O) groups is 1. The van der Waals surface area contributed by atoms with Crippen LogP contribution in [-0.2, 0) is 4.74 Å². The van der Waals surface area contributed by atoms with Crippen LogP contribution in [0.2, 0.25) is 0 Å². The maximum absolute atomic E-state index is 11.6. The predicted octanol–water partition coefficient (Wildman–Crippen LogP) is 3.83. The summed E-state index contributed by atoms with van der Waals surface area (Å²) in [5.41, 5.74) is 4.47. The Morgan fingerprint density at radius 1 is 0.850 bits per heavy atom. The normalized spacial score (nSPS) is 21.4. The molecular formula is C17H17NO2. The molecule has 0 bridgehead atoms. The zero-order chi connectivity index (χ0) is 14.1. The number of benzene rings is 2. The van der Waals surface area contributed by atoms with Gasteiger partial charge in [-0.05, 0) is 25.0 Å². The minimum Gasteiger partial charge on any atom is -0.439 e. The van der Waals surface area contributed by atoms with E-state index in [2.05, 4.69) is 5.32 Å². The standard InChI is InChI=1S/C17H17NO2/c1-11-3-7-13(8-4-11)15-16(20-17(19)18-15)14-9-5-12(2)6-10-14/h3-10,15-16H,1-2H3,(H,18,19). The third-order valence-corrected chi connectivity index (χ3v) is 3.65. The zero-order valence-electron chi connectivity index (χ0n) is 11.6. The van der Waals surface area contributed by atoms with Gasteiger partial charge in [0, 0.05) is 0 Å². The van der Waals surface area contributed by atoms with Gasteiger partial charge in [-0.1, -0.05) is 59.7 Å². The highest BCUT2D eigenvalue weighted by Crippen LogP contribution is 2.36. The summed E-state index contributed by atoms with van der Waals surface area (Å²) in [5, 5.41) is 2.89. The Bertz CT molecular complexity index is 561. The van der Waals surface area contributed by atoms with Crippen LogP contribution < -0.4 is 5.32 Å². The van der Waals surface area contributed by atoms with Crippen molar-refractivity contribution >= 4 is 6.09 Å². The molecule has 0 spiro atoms. The van der Waals surface area contributed by atoms with Gasteiger partial charge < -0.3 is 10.1 Å². The quantitative estimate of drug-likeness (QED) is 0.898. The minimum atomic E-state index is -0.360. The molecule has 1 saturated heterocycles. The molecule has 0 aromatic heterocycles. The van der Waals surface area contributed by atoms with Crippen LogP contribution in [0.25, 0.3) is 0 Å². The topological polar surface area (TPSA) is 38.3 Å². The van der Waals surface area contributed by atoms with Crippen LogP contribution in [0.15, 0.2) is 48.5 Å². The van der Waals surface area contributed by atoms with Crippen molar-refractivity contribution in [3.63, 3.8) is 0 Å². The van der Waals surface area contributed by atoms with Gasteiger partial charge in [0.25, 0.3) is 0 Å². The number of rotatable bonds is 2. The highest BCUT2D eigenvalue weighted by molar-refractivity contribution is 5.71. The van der Waals surface area contributed by atoms with Crippen molar-refractivity contribution in [2.75, 3.05) is 0 Å². The predicted molar refractivity (Wildman–Crippen MR) is 77.5 cm³/mol. The summed E-state index contributed by atoms with van der Waals surface area (Å²) in [4.78, 5) is 11.6. The number of hydrogen-bond donors (Lipinski definition) is 1. The first kappa shape index (κ1) is 12.7. The van der Waals surface area contributed by atoms with Crippen molar-refractivity contribution in [2.45, 2.75) is 26.0 Å². The second kappa shape index (κ2) is 5.00. The van der Waals surface area contributed by atoms with E-state index in [1.54, 1.807) is 0 Å². The molecule has 1 aliphatic heterocycles. The second-order valence-electron chi connectivity index (χ2n) is 5.27. The van der Waals surface area contributed by atoms with Crippen LogP contribution in [0, 0.1) is 13.8 Å². The molecule has 3 rings (SSSR count). The Labute approximate surface area is 118 Å². The van der Waals surface area contributed by atoms with Gasteiger partial charge in [0.1, 0.15) is 0 Å². The Morgan fingerprint density at radius 3 is 1.90 bits per heavy atom. The average Bonchev–Trinajstić information content (AvgIpc) is 2.82. The molecule has 1 heterocycles. The number of nitrogens with one attached hydrogen (secondary N) is 1. The van der Waals surface area contributed by atoms with Gasteiger partial charge in [0.2, 0.25) is 0 Å². The zero-order valence-corrected chi connectivity index (χ0v) is 11.6. The lowest BCUT2D eigenvalue weighted by Gasteiger charge is -2.18. The molecule has 102 valence electrons. The molecule has 3 heteroatoms.